The summed E-state index contributed by atoms with van der Waals surface area (Å²) in [5.74, 6) is 0.0924. The van der Waals surface area contributed by atoms with E-state index in [0.29, 0.717) is 6.54 Å². The Morgan fingerprint density at radius 2 is 1.96 bits per heavy atom. The summed E-state index contributed by atoms with van der Waals surface area (Å²) in [5.41, 5.74) is 2.47. The Kier molecular flexibility index (Phi) is 6.04. The third-order valence-electron chi connectivity index (χ3n) is 4.69. The molecule has 0 unspecified atom stereocenters. The van der Waals surface area contributed by atoms with E-state index in [0.717, 1.165) is 43.3 Å². The third-order valence-corrected chi connectivity index (χ3v) is 5.53. The van der Waals surface area contributed by atoms with Gasteiger partial charge < -0.3 is 10.2 Å². The van der Waals surface area contributed by atoms with Gasteiger partial charge in [-0.25, -0.2) is 4.98 Å². The van der Waals surface area contributed by atoms with Crippen molar-refractivity contribution in [2.24, 2.45) is 0 Å². The number of carbonyl (C=O) groups excluding carboxylic acids is 1. The number of hydrogen-bond donors (Lipinski definition) is 1. The van der Waals surface area contributed by atoms with Crippen LogP contribution in [0.2, 0.25) is 0 Å². The van der Waals surface area contributed by atoms with Gasteiger partial charge in [0.25, 0.3) is 0 Å². The molecule has 1 atom stereocenters. The zero-order valence-corrected chi connectivity index (χ0v) is 15.8. The van der Waals surface area contributed by atoms with Gasteiger partial charge in [0.1, 0.15) is 0 Å². The monoisotopic (exact) mass is 358 g/mol. The van der Waals surface area contributed by atoms with Gasteiger partial charge in [-0.3, -0.25) is 9.69 Å². The van der Waals surface area contributed by atoms with Crippen molar-refractivity contribution < 1.29 is 4.79 Å². The molecule has 0 bridgehead atoms. The lowest BCUT2D eigenvalue weighted by molar-refractivity contribution is -0.123. The first kappa shape index (κ1) is 17.9. The highest BCUT2D eigenvalue weighted by Crippen LogP contribution is 2.19. The maximum absolute atomic E-state index is 12.4. The van der Waals surface area contributed by atoms with Crippen LogP contribution in [-0.2, 0) is 11.2 Å². The summed E-state index contributed by atoms with van der Waals surface area (Å²) in [5, 5.41) is 6.20. The van der Waals surface area contributed by atoms with Crippen LogP contribution in [-0.4, -0.2) is 48.5 Å². The molecule has 5 nitrogen and oxygen atoms in total. The molecule has 1 saturated heterocycles. The fourth-order valence-electron chi connectivity index (χ4n) is 3.08. The number of nitrogens with one attached hydrogen (secondary N) is 1. The van der Waals surface area contributed by atoms with E-state index in [2.05, 4.69) is 51.3 Å². The quantitative estimate of drug-likeness (QED) is 0.863. The molecule has 25 heavy (non-hydrogen) atoms. The van der Waals surface area contributed by atoms with Gasteiger partial charge in [-0.2, -0.15) is 0 Å². The Morgan fingerprint density at radius 1 is 1.24 bits per heavy atom. The number of aryl methyl sites for hydroxylation is 1. The van der Waals surface area contributed by atoms with Gasteiger partial charge >= 0.3 is 0 Å². The molecule has 2 aromatic rings. The van der Waals surface area contributed by atoms with E-state index in [9.17, 15) is 4.79 Å². The van der Waals surface area contributed by atoms with Crippen molar-refractivity contribution in [1.82, 2.24) is 15.2 Å². The van der Waals surface area contributed by atoms with Gasteiger partial charge in [0.15, 0.2) is 5.13 Å². The average molecular weight is 359 g/mol. The minimum Gasteiger partial charge on any atom is -0.348 e. The van der Waals surface area contributed by atoms with Crippen LogP contribution in [0.4, 0.5) is 5.13 Å². The van der Waals surface area contributed by atoms with Crippen LogP contribution < -0.4 is 10.2 Å². The van der Waals surface area contributed by atoms with Gasteiger partial charge in [-0.05, 0) is 24.5 Å². The highest BCUT2D eigenvalue weighted by atomic mass is 32.1. The zero-order chi connectivity index (χ0) is 17.6. The van der Waals surface area contributed by atoms with Crippen LogP contribution in [0.15, 0.2) is 35.8 Å². The minimum atomic E-state index is 0.0370. The second-order valence-corrected chi connectivity index (χ2v) is 7.34. The molecule has 3 rings (SSSR count). The second kappa shape index (κ2) is 8.45. The van der Waals surface area contributed by atoms with Gasteiger partial charge in [-0.15, -0.1) is 11.3 Å². The van der Waals surface area contributed by atoms with Gasteiger partial charge in [-0.1, -0.05) is 31.2 Å². The Morgan fingerprint density at radius 3 is 2.56 bits per heavy atom. The minimum absolute atomic E-state index is 0.0370. The maximum atomic E-state index is 12.4. The van der Waals surface area contributed by atoms with E-state index in [1.165, 1.54) is 5.56 Å². The molecule has 2 heterocycles. The van der Waals surface area contributed by atoms with Crippen molar-refractivity contribution in [2.45, 2.75) is 26.3 Å². The summed E-state index contributed by atoms with van der Waals surface area (Å²) < 4.78 is 0. The lowest BCUT2D eigenvalue weighted by atomic mass is 10.1. The first-order valence-electron chi connectivity index (χ1n) is 8.90. The van der Waals surface area contributed by atoms with E-state index < -0.39 is 0 Å². The van der Waals surface area contributed by atoms with Crippen molar-refractivity contribution in [3.8, 4) is 0 Å². The van der Waals surface area contributed by atoms with Crippen LogP contribution >= 0.6 is 11.3 Å². The lowest BCUT2D eigenvalue weighted by Crippen LogP contribution is -2.49. The van der Waals surface area contributed by atoms with Crippen molar-refractivity contribution in [2.75, 3.05) is 37.6 Å². The molecule has 1 N–H and O–H groups in total. The highest BCUT2D eigenvalue weighted by Gasteiger charge is 2.21. The van der Waals surface area contributed by atoms with Gasteiger partial charge in [0.05, 0.1) is 12.6 Å². The number of aromatic nitrogens is 1. The maximum Gasteiger partial charge on any atom is 0.234 e. The molecule has 0 aliphatic carbocycles. The smallest absolute Gasteiger partial charge is 0.234 e. The molecule has 0 spiro atoms. The Hall–Kier alpha value is -1.92. The summed E-state index contributed by atoms with van der Waals surface area (Å²) in [6, 6.07) is 8.52. The normalized spacial score (nSPS) is 16.6. The van der Waals surface area contributed by atoms with Crippen molar-refractivity contribution in [1.29, 1.82) is 0 Å². The Balaban J connectivity index is 1.44. The van der Waals surface area contributed by atoms with Crippen molar-refractivity contribution >= 4 is 22.4 Å². The SMILES string of the molecule is CCc1ccc([C@@H](C)NC(=O)CN2CCN(c3nccs3)CC2)cc1. The molecule has 1 aliphatic rings. The van der Waals surface area contributed by atoms with Crippen LogP contribution in [0, 0.1) is 0 Å². The first-order chi connectivity index (χ1) is 12.2. The molecule has 1 amide bonds. The second-order valence-electron chi connectivity index (χ2n) is 6.46. The molecule has 1 aromatic heterocycles. The molecular formula is C19H26N4OS. The number of hydrogen-bond acceptors (Lipinski definition) is 5. The first-order valence-corrected chi connectivity index (χ1v) is 9.78. The van der Waals surface area contributed by atoms with E-state index in [1.807, 2.05) is 18.5 Å². The summed E-state index contributed by atoms with van der Waals surface area (Å²) in [6.07, 6.45) is 2.88. The standard InChI is InChI=1S/C19H26N4OS/c1-3-16-4-6-17(7-5-16)15(2)21-18(24)14-22-9-11-23(12-10-22)19-20-8-13-25-19/h4-8,13,15H,3,9-12,14H2,1-2H3,(H,21,24)/t15-/m1/s1. The van der Waals surface area contributed by atoms with E-state index in [-0.39, 0.29) is 11.9 Å². The number of anilines is 1. The topological polar surface area (TPSA) is 48.5 Å². The largest absolute Gasteiger partial charge is 0.348 e. The zero-order valence-electron chi connectivity index (χ0n) is 14.9. The summed E-state index contributed by atoms with van der Waals surface area (Å²) in [4.78, 5) is 21.2. The molecule has 1 fully saturated rings. The van der Waals surface area contributed by atoms with Crippen LogP contribution in [0.25, 0.3) is 0 Å². The van der Waals surface area contributed by atoms with Crippen molar-refractivity contribution in [3.05, 3.63) is 47.0 Å². The summed E-state index contributed by atoms with van der Waals surface area (Å²) >= 11 is 1.67. The Bertz CT molecular complexity index is 663. The number of benzene rings is 1. The molecular weight excluding hydrogens is 332 g/mol. The molecule has 0 radical (unpaired) electrons. The van der Waals surface area contributed by atoms with Crippen LogP contribution in [0.3, 0.4) is 0 Å². The predicted octanol–water partition coefficient (Wildman–Crippen LogP) is 2.70. The lowest BCUT2D eigenvalue weighted by Gasteiger charge is -2.34. The molecule has 1 aromatic carbocycles. The highest BCUT2D eigenvalue weighted by molar-refractivity contribution is 7.13. The van der Waals surface area contributed by atoms with Crippen LogP contribution in [0.1, 0.15) is 31.0 Å². The van der Waals surface area contributed by atoms with Crippen LogP contribution in [0.5, 0.6) is 0 Å². The summed E-state index contributed by atoms with van der Waals surface area (Å²) in [7, 11) is 0. The van der Waals surface area contributed by atoms with Crippen molar-refractivity contribution in [3.63, 3.8) is 0 Å². The molecule has 134 valence electrons. The number of piperazine rings is 1. The van der Waals surface area contributed by atoms with E-state index >= 15 is 0 Å². The summed E-state index contributed by atoms with van der Waals surface area (Å²) in [6.45, 7) is 8.29. The molecule has 0 saturated carbocycles. The number of thiazole rings is 1. The van der Waals surface area contributed by atoms with E-state index in [1.54, 1.807) is 11.3 Å². The number of amides is 1. The molecule has 1 aliphatic heterocycles. The van der Waals surface area contributed by atoms with Gasteiger partial charge in [0.2, 0.25) is 5.91 Å². The Labute approximate surface area is 153 Å². The molecule has 6 heteroatoms. The fraction of sp³-hybridized carbons (Fsp3) is 0.474. The third kappa shape index (κ3) is 4.80. The number of rotatable bonds is 6. The fourth-order valence-corrected chi connectivity index (χ4v) is 3.78. The van der Waals surface area contributed by atoms with Gasteiger partial charge in [0, 0.05) is 37.8 Å². The number of nitrogens with zero attached hydrogens (tertiary/aromatic N) is 3. The number of carbonyl (C=O) groups is 1. The predicted molar refractivity (Wildman–Crippen MR) is 103 cm³/mol. The average Bonchev–Trinajstić information content (AvgIpc) is 3.17. The van der Waals surface area contributed by atoms with E-state index in [4.69, 9.17) is 0 Å².